The number of carbonyl (C=O) groups is 1. The number of hydrogen-bond acceptors (Lipinski definition) is 4. The average molecular weight is 474 g/mol. The minimum atomic E-state index is -5.28. The zero-order valence-electron chi connectivity index (χ0n) is 17.9. The first kappa shape index (κ1) is 23.4. The van der Waals surface area contributed by atoms with Gasteiger partial charge in [-0.3, -0.25) is 4.99 Å². The molecule has 0 spiro atoms. The molecular weight excluding hydrogens is 455 g/mol. The second kappa shape index (κ2) is 9.24. The van der Waals surface area contributed by atoms with Crippen molar-refractivity contribution in [3.8, 4) is 0 Å². The van der Waals surface area contributed by atoms with Gasteiger partial charge in [0.25, 0.3) is 0 Å². The number of amidine groups is 1. The molecule has 0 aliphatic carbocycles. The number of rotatable bonds is 5. The predicted octanol–water partition coefficient (Wildman–Crippen LogP) is 6.03. The maximum absolute atomic E-state index is 14.7. The molecule has 0 saturated heterocycles. The van der Waals surface area contributed by atoms with Crippen LogP contribution in [0.25, 0.3) is 0 Å². The number of alkyl halides is 3. The van der Waals surface area contributed by atoms with E-state index in [1.54, 1.807) is 60.7 Å². The van der Waals surface area contributed by atoms with Crippen molar-refractivity contribution in [1.29, 1.82) is 0 Å². The summed E-state index contributed by atoms with van der Waals surface area (Å²) in [5.41, 5.74) is 0.917. The Labute approximate surface area is 192 Å². The van der Waals surface area contributed by atoms with Crippen LogP contribution < -0.4 is 0 Å². The average Bonchev–Trinajstić information content (AvgIpc) is 3.17. The first-order valence-corrected chi connectivity index (χ1v) is 10.3. The van der Waals surface area contributed by atoms with Gasteiger partial charge in [-0.15, -0.1) is 0 Å². The van der Waals surface area contributed by atoms with Gasteiger partial charge in [0.2, 0.25) is 0 Å². The fraction of sp³-hybridized carbons (Fsp3) is 0.200. The van der Waals surface area contributed by atoms with E-state index in [2.05, 4.69) is 4.99 Å². The molecule has 2 unspecified atom stereocenters. The fourth-order valence-corrected chi connectivity index (χ4v) is 3.86. The highest BCUT2D eigenvalue weighted by atomic mass is 19.4. The summed E-state index contributed by atoms with van der Waals surface area (Å²) in [7, 11) is 0. The first-order chi connectivity index (χ1) is 16.2. The Morgan fingerprint density at radius 1 is 0.941 bits per heavy atom. The highest BCUT2D eigenvalue weighted by Crippen LogP contribution is 2.43. The minimum absolute atomic E-state index is 0.160. The third kappa shape index (κ3) is 4.64. The number of hydrogen-bond donors (Lipinski definition) is 0. The van der Waals surface area contributed by atoms with E-state index in [0.717, 1.165) is 11.1 Å². The van der Waals surface area contributed by atoms with Crippen LogP contribution in [0.3, 0.4) is 0 Å². The molecule has 1 aliphatic heterocycles. The van der Waals surface area contributed by atoms with Gasteiger partial charge in [-0.25, -0.2) is 13.6 Å². The second-order valence-electron chi connectivity index (χ2n) is 7.79. The van der Waals surface area contributed by atoms with E-state index in [-0.39, 0.29) is 17.0 Å². The van der Waals surface area contributed by atoms with Crippen molar-refractivity contribution in [2.24, 2.45) is 4.99 Å². The van der Waals surface area contributed by atoms with Gasteiger partial charge >= 0.3 is 12.1 Å². The molecule has 0 saturated carbocycles. The number of nitrogens with zero attached hydrogens (tertiary/aromatic N) is 2. The largest absolute Gasteiger partial charge is 0.493 e. The predicted molar refractivity (Wildman–Crippen MR) is 115 cm³/mol. The Hall–Kier alpha value is -3.75. The van der Waals surface area contributed by atoms with Crippen LogP contribution >= 0.6 is 0 Å². The highest BCUT2D eigenvalue weighted by Gasteiger charge is 2.47. The molecule has 3 aromatic rings. The molecule has 4 nitrogen and oxygen atoms in total. The van der Waals surface area contributed by atoms with Crippen molar-refractivity contribution >= 4 is 11.8 Å². The molecule has 0 fully saturated rings. The van der Waals surface area contributed by atoms with E-state index in [4.69, 9.17) is 4.84 Å². The third-order valence-corrected chi connectivity index (χ3v) is 5.50. The number of benzene rings is 3. The lowest BCUT2D eigenvalue weighted by molar-refractivity contribution is -0.230. The molecule has 4 rings (SSSR count). The van der Waals surface area contributed by atoms with Gasteiger partial charge < -0.3 is 4.84 Å². The van der Waals surface area contributed by atoms with Crippen molar-refractivity contribution < 1.29 is 31.6 Å². The maximum Gasteiger partial charge on any atom is 0.493 e. The van der Waals surface area contributed by atoms with E-state index in [0.29, 0.717) is 11.1 Å². The van der Waals surface area contributed by atoms with Crippen LogP contribution in [0.2, 0.25) is 0 Å². The molecule has 0 radical (unpaired) electrons. The summed E-state index contributed by atoms with van der Waals surface area (Å²) in [4.78, 5) is 21.1. The molecule has 3 aromatic carbocycles. The van der Waals surface area contributed by atoms with E-state index >= 15 is 0 Å². The summed E-state index contributed by atoms with van der Waals surface area (Å²) in [6.45, 7) is 1.44. The number of aryl methyl sites for hydroxylation is 1. The summed E-state index contributed by atoms with van der Waals surface area (Å²) in [6, 6.07) is 17.6. The van der Waals surface area contributed by atoms with Crippen LogP contribution in [0.4, 0.5) is 22.0 Å². The lowest BCUT2D eigenvalue weighted by Crippen LogP contribution is -2.39. The molecule has 9 heteroatoms. The number of aliphatic imine (C=N–C) groups is 1. The van der Waals surface area contributed by atoms with Gasteiger partial charge in [0.1, 0.15) is 29.6 Å². The second-order valence-corrected chi connectivity index (χ2v) is 7.79. The van der Waals surface area contributed by atoms with Gasteiger partial charge in [-0.05, 0) is 29.7 Å². The zero-order valence-corrected chi connectivity index (χ0v) is 17.9. The molecular formula is C25H19F5N2O2. The highest BCUT2D eigenvalue weighted by molar-refractivity contribution is 5.88. The van der Waals surface area contributed by atoms with Crippen LogP contribution in [0, 0.1) is 18.6 Å². The van der Waals surface area contributed by atoms with Crippen LogP contribution in [0.1, 0.15) is 34.3 Å². The van der Waals surface area contributed by atoms with Crippen LogP contribution in [-0.2, 0) is 16.1 Å². The van der Waals surface area contributed by atoms with Crippen molar-refractivity contribution in [3.63, 3.8) is 0 Å². The molecule has 1 aliphatic rings. The van der Waals surface area contributed by atoms with Crippen LogP contribution in [0.5, 0.6) is 0 Å². The van der Waals surface area contributed by atoms with Crippen LogP contribution in [0.15, 0.2) is 77.8 Å². The zero-order chi connectivity index (χ0) is 24.5. The molecule has 0 bridgehead atoms. The first-order valence-electron chi connectivity index (χ1n) is 10.3. The number of carbonyl (C=O) groups excluding carboxylic acids is 1. The van der Waals surface area contributed by atoms with Gasteiger partial charge in [-0.2, -0.15) is 18.2 Å². The van der Waals surface area contributed by atoms with Crippen molar-refractivity contribution in [1.82, 2.24) is 5.06 Å². The van der Waals surface area contributed by atoms with Gasteiger partial charge in [0.15, 0.2) is 0 Å². The summed E-state index contributed by atoms with van der Waals surface area (Å²) in [5, 5.41) is 0.726. The van der Waals surface area contributed by atoms with Gasteiger partial charge in [-0.1, -0.05) is 66.7 Å². The lowest BCUT2D eigenvalue weighted by Gasteiger charge is -2.29. The Kier molecular flexibility index (Phi) is 6.37. The summed E-state index contributed by atoms with van der Waals surface area (Å²) >= 11 is 0. The van der Waals surface area contributed by atoms with Crippen molar-refractivity contribution in [2.45, 2.75) is 31.6 Å². The topological polar surface area (TPSA) is 41.9 Å². The van der Waals surface area contributed by atoms with E-state index in [1.165, 1.54) is 13.0 Å². The van der Waals surface area contributed by atoms with Crippen molar-refractivity contribution in [3.05, 3.63) is 107 Å². The number of halogens is 5. The van der Waals surface area contributed by atoms with Gasteiger partial charge in [0, 0.05) is 12.0 Å². The summed E-state index contributed by atoms with van der Waals surface area (Å²) in [6.07, 6.45) is -5.80. The monoisotopic (exact) mass is 474 g/mol. The summed E-state index contributed by atoms with van der Waals surface area (Å²) in [5.74, 6) is -4.39. The standard InChI is InChI=1S/C25H19F5N2O2/c1-15-12-13-19(26)18(21(15)27)14-20-31-22(16-8-4-2-5-9-16)23(17-10-6-3-7-11-17)32(20)34-24(33)25(28,29)30/h2-13,22-23H,14H2,1H3. The molecule has 2 atom stereocenters. The maximum atomic E-state index is 14.7. The smallest absolute Gasteiger partial charge is 0.330 e. The van der Waals surface area contributed by atoms with E-state index < -0.39 is 42.3 Å². The van der Waals surface area contributed by atoms with Gasteiger partial charge in [0.05, 0.1) is 0 Å². The minimum Gasteiger partial charge on any atom is -0.330 e. The Bertz CT molecular complexity index is 1210. The Balaban J connectivity index is 1.84. The molecule has 0 amide bonds. The Morgan fingerprint density at radius 2 is 1.53 bits per heavy atom. The van der Waals surface area contributed by atoms with Crippen molar-refractivity contribution in [2.75, 3.05) is 0 Å². The molecule has 176 valence electrons. The van der Waals surface area contributed by atoms with E-state index in [1.807, 2.05) is 0 Å². The normalized spacial score (nSPS) is 18.1. The molecule has 34 heavy (non-hydrogen) atoms. The molecule has 0 aromatic heterocycles. The SMILES string of the molecule is Cc1ccc(F)c(CC2=NC(c3ccccc3)C(c3ccccc3)N2OC(=O)C(F)(F)F)c1F. The lowest BCUT2D eigenvalue weighted by atomic mass is 9.94. The van der Waals surface area contributed by atoms with Crippen LogP contribution in [-0.4, -0.2) is 23.0 Å². The quantitative estimate of drug-likeness (QED) is 0.424. The number of hydroxylamine groups is 2. The fourth-order valence-electron chi connectivity index (χ4n) is 3.86. The molecule has 0 N–H and O–H groups in total. The summed E-state index contributed by atoms with van der Waals surface area (Å²) < 4.78 is 68.6. The third-order valence-electron chi connectivity index (χ3n) is 5.50. The molecule has 1 heterocycles. The van der Waals surface area contributed by atoms with E-state index in [9.17, 15) is 26.7 Å². The Morgan fingerprint density at radius 3 is 2.12 bits per heavy atom.